The number of halogens is 1. The van der Waals surface area contributed by atoms with Gasteiger partial charge >= 0.3 is 6.09 Å². The van der Waals surface area contributed by atoms with Crippen LogP contribution in [0, 0.1) is 11.7 Å². The third-order valence-electron chi connectivity index (χ3n) is 6.09. The number of carbonyl (C=O) groups excluding carboxylic acids is 1. The molecule has 0 aromatic heterocycles. The molecule has 0 saturated carbocycles. The highest BCUT2D eigenvalue weighted by Crippen LogP contribution is 2.43. The fourth-order valence-corrected chi connectivity index (χ4v) is 5.47. The maximum Gasteiger partial charge on any atom is 0.410 e. The summed E-state index contributed by atoms with van der Waals surface area (Å²) in [4.78, 5) is 14.0. The lowest BCUT2D eigenvalue weighted by atomic mass is 9.97. The number of phenolic OH excluding ortho intramolecular Hbond substituents is 1. The van der Waals surface area contributed by atoms with Gasteiger partial charge in [-0.15, -0.1) is 0 Å². The Hall–Kier alpha value is -2.53. The molecule has 3 aliphatic heterocycles. The second-order valence-corrected chi connectivity index (χ2v) is 11.2. The quantitative estimate of drug-likeness (QED) is 0.579. The van der Waals surface area contributed by atoms with Crippen molar-refractivity contribution in [1.29, 1.82) is 0 Å². The SMILES string of the molecule is C=C1CN(c2c(O)cc3c(c2F)CC(CNCC2CCN(C(=O)OC(C)(C)C)CC2)O3)S(=O)N1. The number of hydrogen-bond donors (Lipinski definition) is 3. The average molecular weight is 497 g/mol. The first-order valence-electron chi connectivity index (χ1n) is 11.6. The minimum Gasteiger partial charge on any atom is -0.505 e. The van der Waals surface area contributed by atoms with Crippen LogP contribution in [0.5, 0.6) is 11.5 Å². The van der Waals surface area contributed by atoms with Gasteiger partial charge in [0.15, 0.2) is 5.82 Å². The Morgan fingerprint density at radius 2 is 2.09 bits per heavy atom. The predicted molar refractivity (Wildman–Crippen MR) is 127 cm³/mol. The van der Waals surface area contributed by atoms with Crippen LogP contribution >= 0.6 is 0 Å². The maximum absolute atomic E-state index is 15.2. The third-order valence-corrected chi connectivity index (χ3v) is 7.27. The van der Waals surface area contributed by atoms with Gasteiger partial charge in [0.25, 0.3) is 0 Å². The second kappa shape index (κ2) is 9.61. The summed E-state index contributed by atoms with van der Waals surface area (Å²) in [5.41, 5.74) is 0.271. The van der Waals surface area contributed by atoms with Crippen molar-refractivity contribution < 1.29 is 28.0 Å². The number of rotatable bonds is 5. The van der Waals surface area contributed by atoms with E-state index in [0.29, 0.717) is 49.0 Å². The predicted octanol–water partition coefficient (Wildman–Crippen LogP) is 2.57. The van der Waals surface area contributed by atoms with E-state index in [4.69, 9.17) is 9.47 Å². The molecule has 0 radical (unpaired) electrons. The number of nitrogens with zero attached hydrogens (tertiary/aromatic N) is 2. The molecule has 11 heteroatoms. The molecular weight excluding hydrogens is 463 g/mol. The highest BCUT2D eigenvalue weighted by atomic mass is 32.2. The van der Waals surface area contributed by atoms with Crippen LogP contribution in [0.25, 0.3) is 0 Å². The molecule has 1 aromatic carbocycles. The number of benzene rings is 1. The molecule has 2 saturated heterocycles. The first-order chi connectivity index (χ1) is 16.0. The van der Waals surface area contributed by atoms with Crippen molar-refractivity contribution in [3.8, 4) is 11.5 Å². The van der Waals surface area contributed by atoms with Crippen molar-refractivity contribution in [2.75, 3.05) is 37.0 Å². The zero-order valence-corrected chi connectivity index (χ0v) is 20.7. The average Bonchev–Trinajstić information content (AvgIpc) is 3.29. The molecule has 0 aliphatic carbocycles. The zero-order chi connectivity index (χ0) is 24.6. The maximum atomic E-state index is 15.2. The number of ether oxygens (including phenoxy) is 2. The second-order valence-electron chi connectivity index (χ2n) is 10.0. The van der Waals surface area contributed by atoms with E-state index in [1.165, 1.54) is 10.4 Å². The summed E-state index contributed by atoms with van der Waals surface area (Å²) in [5, 5.41) is 13.8. The Morgan fingerprint density at radius 3 is 2.71 bits per heavy atom. The number of hydrogen-bond acceptors (Lipinski definition) is 6. The number of nitrogens with one attached hydrogen (secondary N) is 2. The van der Waals surface area contributed by atoms with E-state index in [2.05, 4.69) is 16.6 Å². The summed E-state index contributed by atoms with van der Waals surface area (Å²) in [6.07, 6.45) is 1.59. The summed E-state index contributed by atoms with van der Waals surface area (Å²) in [7, 11) is 0. The Kier molecular flexibility index (Phi) is 6.95. The largest absolute Gasteiger partial charge is 0.505 e. The summed E-state index contributed by atoms with van der Waals surface area (Å²) in [6.45, 7) is 12.1. The standard InChI is InChI=1S/C23H33FN4O5S/c1-14-13-28(34(31)26-14)21-18(29)10-19-17(20(21)24)9-16(32-19)12-25-11-15-5-7-27(8-6-15)22(30)33-23(2,3)4/h10,15-16,25-26,29H,1,5-9,11-13H2,2-4H3. The molecule has 9 nitrogen and oxygen atoms in total. The molecule has 34 heavy (non-hydrogen) atoms. The van der Waals surface area contributed by atoms with Crippen LogP contribution in [0.15, 0.2) is 18.3 Å². The number of carbonyl (C=O) groups is 1. The van der Waals surface area contributed by atoms with Crippen molar-refractivity contribution in [3.63, 3.8) is 0 Å². The number of aromatic hydroxyl groups is 1. The minimum atomic E-state index is -1.69. The van der Waals surface area contributed by atoms with Gasteiger partial charge < -0.3 is 24.8 Å². The smallest absolute Gasteiger partial charge is 0.410 e. The summed E-state index contributed by atoms with van der Waals surface area (Å²) in [6, 6.07) is 1.39. The Morgan fingerprint density at radius 1 is 1.38 bits per heavy atom. The van der Waals surface area contributed by atoms with Gasteiger partial charge in [0.2, 0.25) is 11.2 Å². The van der Waals surface area contributed by atoms with Crippen molar-refractivity contribution in [3.05, 3.63) is 29.7 Å². The highest BCUT2D eigenvalue weighted by molar-refractivity contribution is 7.85. The van der Waals surface area contributed by atoms with E-state index >= 15 is 4.39 Å². The van der Waals surface area contributed by atoms with E-state index < -0.39 is 22.6 Å². The Bertz CT molecular complexity index is 991. The number of amides is 1. The summed E-state index contributed by atoms with van der Waals surface area (Å²) >= 11 is -1.69. The van der Waals surface area contributed by atoms with E-state index in [9.17, 15) is 14.1 Å². The third kappa shape index (κ3) is 5.41. The van der Waals surface area contributed by atoms with Crippen molar-refractivity contribution >= 4 is 23.0 Å². The molecule has 2 unspecified atom stereocenters. The van der Waals surface area contributed by atoms with Gasteiger partial charge in [-0.1, -0.05) is 6.58 Å². The fraction of sp³-hybridized carbons (Fsp3) is 0.609. The van der Waals surface area contributed by atoms with E-state index in [1.54, 1.807) is 4.90 Å². The van der Waals surface area contributed by atoms with Crippen LogP contribution in [0.1, 0.15) is 39.2 Å². The molecule has 4 rings (SSSR count). The minimum absolute atomic E-state index is 0.0998. The first-order valence-corrected chi connectivity index (χ1v) is 12.7. The van der Waals surface area contributed by atoms with Crippen molar-refractivity contribution in [1.82, 2.24) is 14.9 Å². The molecule has 3 heterocycles. The van der Waals surface area contributed by atoms with E-state index in [0.717, 1.165) is 19.4 Å². The number of fused-ring (bicyclic) bond motifs is 1. The van der Waals surface area contributed by atoms with Crippen LogP contribution in [0.2, 0.25) is 0 Å². The van der Waals surface area contributed by atoms with Gasteiger partial charge in [-0.05, 0) is 46.1 Å². The fourth-order valence-electron chi connectivity index (χ4n) is 4.44. The van der Waals surface area contributed by atoms with Crippen LogP contribution < -0.4 is 19.1 Å². The molecule has 3 N–H and O–H groups in total. The lowest BCUT2D eigenvalue weighted by molar-refractivity contribution is 0.0183. The van der Waals surface area contributed by atoms with Crippen LogP contribution in [-0.2, 0) is 22.3 Å². The van der Waals surface area contributed by atoms with Crippen LogP contribution in [-0.4, -0.2) is 64.7 Å². The first kappa shape index (κ1) is 24.6. The highest BCUT2D eigenvalue weighted by Gasteiger charge is 2.35. The van der Waals surface area contributed by atoms with Crippen LogP contribution in [0.3, 0.4) is 0 Å². The molecule has 3 aliphatic rings. The number of piperidine rings is 1. The summed E-state index contributed by atoms with van der Waals surface area (Å²) < 4.78 is 42.6. The lowest BCUT2D eigenvalue weighted by Gasteiger charge is -2.33. The zero-order valence-electron chi connectivity index (χ0n) is 19.9. The summed E-state index contributed by atoms with van der Waals surface area (Å²) in [5.74, 6) is -0.183. The molecule has 2 atom stereocenters. The molecule has 1 aromatic rings. The van der Waals surface area contributed by atoms with Gasteiger partial charge in [0.1, 0.15) is 28.9 Å². The van der Waals surface area contributed by atoms with E-state index in [1.807, 2.05) is 20.8 Å². The number of phenols is 1. The monoisotopic (exact) mass is 496 g/mol. The normalized spacial score (nSPS) is 23.0. The van der Waals surface area contributed by atoms with Crippen molar-refractivity contribution in [2.24, 2.45) is 5.92 Å². The number of likely N-dealkylation sites (tertiary alicyclic amines) is 1. The lowest BCUT2D eigenvalue weighted by Crippen LogP contribution is -2.43. The van der Waals surface area contributed by atoms with Crippen LogP contribution in [0.4, 0.5) is 14.9 Å². The molecule has 0 bridgehead atoms. The Labute approximate surface area is 202 Å². The molecular formula is C23H33FN4O5S. The molecule has 188 valence electrons. The Balaban J connectivity index is 1.26. The van der Waals surface area contributed by atoms with E-state index in [-0.39, 0.29) is 30.2 Å². The molecule has 2 fully saturated rings. The van der Waals surface area contributed by atoms with Gasteiger partial charge in [-0.25, -0.2) is 13.4 Å². The molecule has 1 amide bonds. The van der Waals surface area contributed by atoms with Gasteiger partial charge in [0.05, 0.1) is 6.54 Å². The van der Waals surface area contributed by atoms with Gasteiger partial charge in [-0.2, -0.15) is 0 Å². The van der Waals surface area contributed by atoms with Crippen molar-refractivity contribution in [2.45, 2.75) is 51.7 Å². The number of anilines is 1. The topological polar surface area (TPSA) is 103 Å². The molecule has 0 spiro atoms. The van der Waals surface area contributed by atoms with Gasteiger partial charge in [-0.3, -0.25) is 9.03 Å². The van der Waals surface area contributed by atoms with Gasteiger partial charge in [0, 0.05) is 43.4 Å².